The first-order valence-electron chi connectivity index (χ1n) is 10.3. The highest BCUT2D eigenvalue weighted by Gasteiger charge is 2.51. The van der Waals surface area contributed by atoms with Crippen LogP contribution in [0.15, 0.2) is 36.7 Å². The van der Waals surface area contributed by atoms with Gasteiger partial charge in [0.25, 0.3) is 0 Å². The summed E-state index contributed by atoms with van der Waals surface area (Å²) in [6, 6.07) is 7.49. The SMILES string of the molecule is CO[C@@]12CC[C@@H](NC(=O)Cn3cccn3)C[C@@H]1N(Cc1ccc(C)cc1F)CC2. The van der Waals surface area contributed by atoms with E-state index in [0.717, 1.165) is 37.8 Å². The van der Waals surface area contributed by atoms with Gasteiger partial charge in [-0.05, 0) is 50.3 Å². The van der Waals surface area contributed by atoms with Crippen molar-refractivity contribution in [2.24, 2.45) is 0 Å². The molecule has 0 unspecified atom stereocenters. The van der Waals surface area contributed by atoms with Crippen molar-refractivity contribution in [2.45, 2.75) is 63.4 Å². The number of nitrogens with one attached hydrogen (secondary N) is 1. The molecule has 2 aromatic rings. The van der Waals surface area contributed by atoms with E-state index in [-0.39, 0.29) is 36.0 Å². The molecule has 2 heterocycles. The number of aryl methyl sites for hydroxylation is 1. The quantitative estimate of drug-likeness (QED) is 0.810. The molecule has 2 aliphatic rings. The summed E-state index contributed by atoms with van der Waals surface area (Å²) in [6.07, 6.45) is 6.99. The number of ether oxygens (including phenoxy) is 1. The summed E-state index contributed by atoms with van der Waals surface area (Å²) < 4.78 is 22.0. The van der Waals surface area contributed by atoms with Crippen LogP contribution < -0.4 is 5.32 Å². The Morgan fingerprint density at radius 3 is 3.00 bits per heavy atom. The molecule has 7 heteroatoms. The van der Waals surface area contributed by atoms with Crippen LogP contribution in [0.2, 0.25) is 0 Å². The molecular formula is C22H29FN4O2. The molecule has 1 aliphatic heterocycles. The monoisotopic (exact) mass is 400 g/mol. The van der Waals surface area contributed by atoms with Gasteiger partial charge in [0.1, 0.15) is 12.4 Å². The van der Waals surface area contributed by atoms with Gasteiger partial charge in [0.15, 0.2) is 0 Å². The summed E-state index contributed by atoms with van der Waals surface area (Å²) in [6.45, 7) is 3.56. The lowest BCUT2D eigenvalue weighted by molar-refractivity contribution is -0.124. The fourth-order valence-corrected chi connectivity index (χ4v) is 4.92. The predicted molar refractivity (Wildman–Crippen MR) is 108 cm³/mol. The summed E-state index contributed by atoms with van der Waals surface area (Å²) in [5, 5.41) is 7.25. The third-order valence-corrected chi connectivity index (χ3v) is 6.51. The molecule has 1 saturated carbocycles. The Labute approximate surface area is 171 Å². The fourth-order valence-electron chi connectivity index (χ4n) is 4.92. The zero-order valence-corrected chi connectivity index (χ0v) is 17.1. The molecule has 2 fully saturated rings. The van der Waals surface area contributed by atoms with Gasteiger partial charge in [-0.1, -0.05) is 12.1 Å². The molecule has 1 amide bonds. The third kappa shape index (κ3) is 4.21. The summed E-state index contributed by atoms with van der Waals surface area (Å²) in [5.41, 5.74) is 1.44. The number of methoxy groups -OCH3 is 1. The molecule has 1 saturated heterocycles. The van der Waals surface area contributed by atoms with Gasteiger partial charge in [-0.25, -0.2) is 4.39 Å². The van der Waals surface area contributed by atoms with E-state index in [1.165, 1.54) is 0 Å². The molecule has 1 aromatic heterocycles. The molecule has 3 atom stereocenters. The highest BCUT2D eigenvalue weighted by molar-refractivity contribution is 5.75. The van der Waals surface area contributed by atoms with Crippen LogP contribution >= 0.6 is 0 Å². The number of rotatable bonds is 6. The molecule has 0 spiro atoms. The Bertz CT molecular complexity index is 857. The Morgan fingerprint density at radius 2 is 2.28 bits per heavy atom. The molecular weight excluding hydrogens is 371 g/mol. The molecule has 4 rings (SSSR count). The zero-order valence-electron chi connectivity index (χ0n) is 17.1. The topological polar surface area (TPSA) is 59.4 Å². The number of fused-ring (bicyclic) bond motifs is 1. The number of amides is 1. The molecule has 0 bridgehead atoms. The van der Waals surface area contributed by atoms with Crippen LogP contribution in [0.25, 0.3) is 0 Å². The molecule has 156 valence electrons. The van der Waals surface area contributed by atoms with Crippen molar-refractivity contribution in [1.29, 1.82) is 0 Å². The number of carbonyl (C=O) groups excluding carboxylic acids is 1. The van der Waals surface area contributed by atoms with Crippen LogP contribution in [0.5, 0.6) is 0 Å². The summed E-state index contributed by atoms with van der Waals surface area (Å²) in [5.74, 6) is -0.183. The number of aromatic nitrogens is 2. The van der Waals surface area contributed by atoms with Gasteiger partial charge in [-0.3, -0.25) is 14.4 Å². The lowest BCUT2D eigenvalue weighted by Gasteiger charge is -2.44. The largest absolute Gasteiger partial charge is 0.377 e. The smallest absolute Gasteiger partial charge is 0.241 e. The highest BCUT2D eigenvalue weighted by Crippen LogP contribution is 2.43. The first-order valence-corrected chi connectivity index (χ1v) is 10.3. The number of likely N-dealkylation sites (tertiary alicyclic amines) is 1. The molecule has 6 nitrogen and oxygen atoms in total. The Morgan fingerprint density at radius 1 is 1.41 bits per heavy atom. The number of benzene rings is 1. The minimum atomic E-state index is -0.204. The minimum Gasteiger partial charge on any atom is -0.377 e. The van der Waals surface area contributed by atoms with Crippen molar-refractivity contribution >= 4 is 5.91 Å². The van der Waals surface area contributed by atoms with E-state index >= 15 is 0 Å². The standard InChI is InChI=1S/C22H29FN4O2/c1-16-4-5-17(19(23)12-16)14-26-11-8-22(29-2)7-6-18(13-20(22)26)25-21(28)15-27-10-3-9-24-27/h3-5,9-10,12,18,20H,6-8,11,13-15H2,1-2H3,(H,25,28)/t18-,20+,22-/m1/s1. The van der Waals surface area contributed by atoms with Crippen molar-refractivity contribution < 1.29 is 13.9 Å². The first-order chi connectivity index (χ1) is 14.0. The summed E-state index contributed by atoms with van der Waals surface area (Å²) >= 11 is 0. The van der Waals surface area contributed by atoms with Crippen molar-refractivity contribution in [3.8, 4) is 0 Å². The minimum absolute atomic E-state index is 0.0299. The fraction of sp³-hybridized carbons (Fsp3) is 0.545. The maximum atomic E-state index is 14.4. The average molecular weight is 400 g/mol. The second kappa shape index (κ2) is 8.24. The van der Waals surface area contributed by atoms with E-state index in [1.54, 1.807) is 36.3 Å². The highest BCUT2D eigenvalue weighted by atomic mass is 19.1. The number of carbonyl (C=O) groups is 1. The van der Waals surface area contributed by atoms with Crippen molar-refractivity contribution in [2.75, 3.05) is 13.7 Å². The second-order valence-corrected chi connectivity index (χ2v) is 8.34. The van der Waals surface area contributed by atoms with Gasteiger partial charge in [0, 0.05) is 50.2 Å². The van der Waals surface area contributed by atoms with Gasteiger partial charge in [0.2, 0.25) is 5.91 Å². The molecule has 1 aliphatic carbocycles. The second-order valence-electron chi connectivity index (χ2n) is 8.34. The van der Waals surface area contributed by atoms with Crippen LogP contribution in [-0.4, -0.2) is 51.9 Å². The van der Waals surface area contributed by atoms with Crippen LogP contribution in [-0.2, 0) is 22.6 Å². The molecule has 1 aromatic carbocycles. The lowest BCUT2D eigenvalue weighted by atomic mass is 9.78. The molecule has 29 heavy (non-hydrogen) atoms. The van der Waals surface area contributed by atoms with Crippen LogP contribution in [0.3, 0.4) is 0 Å². The van der Waals surface area contributed by atoms with Gasteiger partial charge < -0.3 is 10.1 Å². The number of hydrogen-bond donors (Lipinski definition) is 1. The van der Waals surface area contributed by atoms with Crippen molar-refractivity contribution in [1.82, 2.24) is 20.0 Å². The van der Waals surface area contributed by atoms with Crippen LogP contribution in [0.1, 0.15) is 36.8 Å². The molecule has 1 N–H and O–H groups in total. The van der Waals surface area contributed by atoms with Gasteiger partial charge >= 0.3 is 0 Å². The maximum Gasteiger partial charge on any atom is 0.241 e. The number of hydrogen-bond acceptors (Lipinski definition) is 4. The average Bonchev–Trinajstić information content (AvgIpc) is 3.32. The summed E-state index contributed by atoms with van der Waals surface area (Å²) in [7, 11) is 1.78. The van der Waals surface area contributed by atoms with Gasteiger partial charge in [-0.2, -0.15) is 5.10 Å². The number of nitrogens with zero attached hydrogens (tertiary/aromatic N) is 3. The first kappa shape index (κ1) is 20.0. The Kier molecular flexibility index (Phi) is 5.69. The molecule has 0 radical (unpaired) electrons. The third-order valence-electron chi connectivity index (χ3n) is 6.51. The Balaban J connectivity index is 1.43. The van der Waals surface area contributed by atoms with Gasteiger partial charge in [0.05, 0.1) is 5.60 Å². The van der Waals surface area contributed by atoms with Crippen molar-refractivity contribution in [3.05, 3.63) is 53.6 Å². The van der Waals surface area contributed by atoms with E-state index in [4.69, 9.17) is 4.74 Å². The van der Waals surface area contributed by atoms with Crippen LogP contribution in [0.4, 0.5) is 4.39 Å². The predicted octanol–water partition coefficient (Wildman–Crippen LogP) is 2.66. The van der Waals surface area contributed by atoms with Crippen molar-refractivity contribution in [3.63, 3.8) is 0 Å². The van der Waals surface area contributed by atoms with E-state index in [9.17, 15) is 9.18 Å². The van der Waals surface area contributed by atoms with E-state index in [1.807, 2.05) is 19.1 Å². The van der Waals surface area contributed by atoms with Crippen LogP contribution in [0, 0.1) is 12.7 Å². The lowest BCUT2D eigenvalue weighted by Crippen LogP contribution is -2.54. The van der Waals surface area contributed by atoms with E-state index < -0.39 is 0 Å². The van der Waals surface area contributed by atoms with E-state index in [2.05, 4.69) is 15.3 Å². The maximum absolute atomic E-state index is 14.4. The zero-order chi connectivity index (χ0) is 20.4. The number of halogens is 1. The van der Waals surface area contributed by atoms with Gasteiger partial charge in [-0.15, -0.1) is 0 Å². The normalized spacial score (nSPS) is 27.0. The summed E-state index contributed by atoms with van der Waals surface area (Å²) in [4.78, 5) is 14.7. The Hall–Kier alpha value is -2.25. The van der Waals surface area contributed by atoms with E-state index in [0.29, 0.717) is 12.1 Å².